The summed E-state index contributed by atoms with van der Waals surface area (Å²) >= 11 is 3.07. The summed E-state index contributed by atoms with van der Waals surface area (Å²) in [6.07, 6.45) is -4.84. The smallest absolute Gasteiger partial charge is 0.342 e. The molecular formula is C52H75BrO18. The van der Waals surface area contributed by atoms with Crippen LogP contribution >= 0.6 is 15.9 Å². The number of aliphatic hydroxyl groups excluding tert-OH is 5. The van der Waals surface area contributed by atoms with Crippen molar-refractivity contribution in [2.45, 2.75) is 187 Å². The predicted molar refractivity (Wildman–Crippen MR) is 263 cm³/mol. The maximum atomic E-state index is 13.9. The van der Waals surface area contributed by atoms with E-state index >= 15 is 0 Å². The summed E-state index contributed by atoms with van der Waals surface area (Å²) in [4.78, 5) is 39.9. The lowest BCUT2D eigenvalue weighted by molar-refractivity contribution is -0.333. The summed E-state index contributed by atoms with van der Waals surface area (Å²) in [5.41, 5.74) is 0.815. The summed E-state index contributed by atoms with van der Waals surface area (Å²) in [5.74, 6) is -4.05. The molecule has 3 aliphatic rings. The Morgan fingerprint density at radius 1 is 0.944 bits per heavy atom. The molecule has 0 amide bonds. The minimum Gasteiger partial charge on any atom is -0.507 e. The van der Waals surface area contributed by atoms with Gasteiger partial charge in [-0.1, -0.05) is 63.6 Å². The lowest BCUT2D eigenvalue weighted by atomic mass is 9.88. The molecule has 0 bridgehead atoms. The highest BCUT2D eigenvalue weighted by Crippen LogP contribution is 2.40. The fraction of sp³-hybridized carbons (Fsp3) is 0.635. The molecule has 3 aliphatic heterocycles. The predicted octanol–water partition coefficient (Wildman–Crippen LogP) is 5.69. The number of halogens is 1. The normalized spacial score (nSPS) is 31.8. The Labute approximate surface area is 425 Å². The first-order chi connectivity index (χ1) is 33.3. The molecule has 14 atom stereocenters. The van der Waals surface area contributed by atoms with Gasteiger partial charge in [-0.3, -0.25) is 4.79 Å². The van der Waals surface area contributed by atoms with Crippen LogP contribution in [0, 0.1) is 11.8 Å². The molecule has 0 aromatic heterocycles. The minimum atomic E-state index is -1.60. The van der Waals surface area contributed by atoms with Gasteiger partial charge in [-0.05, 0) is 113 Å². The van der Waals surface area contributed by atoms with Gasteiger partial charge in [0.05, 0.1) is 42.5 Å². The second kappa shape index (κ2) is 26.3. The number of cyclic esters (lactones) is 1. The minimum absolute atomic E-state index is 0.0170. The van der Waals surface area contributed by atoms with Crippen LogP contribution in [0.2, 0.25) is 0 Å². The van der Waals surface area contributed by atoms with E-state index in [1.807, 2.05) is 32.9 Å². The standard InChI is InChI=1S/C52H75BrO18/c1-13-31-23-35(56)38(53)39(57)37(31)49(63)68-44-30(9)66-51(45(64-12)42(44)60)65-24-33-17-15-16-18-34(55)27(6)22-32(14-2)43(28(7)21-26(5)19-20-36(29(8)54)67-48(33)62)69-50-41(59)40(58)46(52(10,11)71-50)70-47(61)25(3)4/h15-17,19,21-23,25,29-30,32,34,36,40-46,50-51,54-60H,13-14,18,20,24H2,1-12H3. The van der Waals surface area contributed by atoms with E-state index < -0.39 is 122 Å². The third kappa shape index (κ3) is 15.1. The Hall–Kier alpha value is -3.99. The van der Waals surface area contributed by atoms with E-state index in [0.717, 1.165) is 0 Å². The van der Waals surface area contributed by atoms with E-state index in [4.69, 9.17) is 37.9 Å². The number of carbonyl (C=O) groups excluding carboxylic acids is 3. The van der Waals surface area contributed by atoms with Gasteiger partial charge in [0.2, 0.25) is 0 Å². The van der Waals surface area contributed by atoms with Crippen molar-refractivity contribution in [3.63, 3.8) is 0 Å². The number of hydrogen-bond donors (Lipinski definition) is 7. The van der Waals surface area contributed by atoms with Crippen molar-refractivity contribution in [1.82, 2.24) is 0 Å². The van der Waals surface area contributed by atoms with Gasteiger partial charge in [-0.25, -0.2) is 9.59 Å². The first kappa shape index (κ1) is 59.6. The van der Waals surface area contributed by atoms with Gasteiger partial charge >= 0.3 is 17.9 Å². The second-order valence-electron chi connectivity index (χ2n) is 19.3. The van der Waals surface area contributed by atoms with E-state index in [9.17, 15) is 50.1 Å². The van der Waals surface area contributed by atoms with Crippen molar-refractivity contribution in [2.24, 2.45) is 11.8 Å². The maximum absolute atomic E-state index is 13.9. The monoisotopic (exact) mass is 1070 g/mol. The first-order valence-electron chi connectivity index (χ1n) is 24.1. The molecule has 18 nitrogen and oxygen atoms in total. The Bertz CT molecular complexity index is 2160. The van der Waals surface area contributed by atoms with Crippen molar-refractivity contribution in [3.8, 4) is 11.5 Å². The number of allylic oxidation sites excluding steroid dienone is 4. The summed E-state index contributed by atoms with van der Waals surface area (Å²) < 4.78 is 47.5. The molecule has 0 aliphatic carbocycles. The molecule has 2 fully saturated rings. The van der Waals surface area contributed by atoms with Crippen LogP contribution in [0.5, 0.6) is 11.5 Å². The van der Waals surface area contributed by atoms with Crippen molar-refractivity contribution >= 4 is 33.8 Å². The lowest BCUT2D eigenvalue weighted by Crippen LogP contribution is -2.64. The van der Waals surface area contributed by atoms with Crippen LogP contribution in [0.1, 0.15) is 111 Å². The van der Waals surface area contributed by atoms with Crippen LogP contribution in [-0.2, 0) is 53.9 Å². The zero-order chi connectivity index (χ0) is 53.2. The highest BCUT2D eigenvalue weighted by atomic mass is 79.9. The molecule has 398 valence electrons. The average molecular weight is 1070 g/mol. The average Bonchev–Trinajstić information content (AvgIpc) is 3.30. The highest BCUT2D eigenvalue weighted by molar-refractivity contribution is 9.10. The van der Waals surface area contributed by atoms with E-state index in [1.54, 1.807) is 59.8 Å². The zero-order valence-electron chi connectivity index (χ0n) is 42.7. The Morgan fingerprint density at radius 2 is 1.62 bits per heavy atom. The molecule has 19 heteroatoms. The molecule has 0 radical (unpaired) electrons. The Morgan fingerprint density at radius 3 is 2.23 bits per heavy atom. The molecule has 71 heavy (non-hydrogen) atoms. The lowest BCUT2D eigenvalue weighted by Gasteiger charge is -2.47. The van der Waals surface area contributed by atoms with E-state index in [-0.39, 0.29) is 46.5 Å². The number of hydrogen-bond acceptors (Lipinski definition) is 18. The fourth-order valence-corrected chi connectivity index (χ4v) is 8.84. The number of aromatic hydroxyl groups is 2. The summed E-state index contributed by atoms with van der Waals surface area (Å²) in [7, 11) is 1.29. The molecule has 0 saturated carbocycles. The number of rotatable bonds is 13. The van der Waals surface area contributed by atoms with Gasteiger partial charge in [-0.2, -0.15) is 0 Å². The summed E-state index contributed by atoms with van der Waals surface area (Å²) in [6.45, 7) is 18.3. The number of benzene rings is 1. The van der Waals surface area contributed by atoms with Crippen LogP contribution < -0.4 is 0 Å². The van der Waals surface area contributed by atoms with Crippen LogP contribution in [0.3, 0.4) is 0 Å². The van der Waals surface area contributed by atoms with Crippen LogP contribution in [0.4, 0.5) is 0 Å². The van der Waals surface area contributed by atoms with Crippen LogP contribution in [-0.4, -0.2) is 153 Å². The molecule has 0 spiro atoms. The van der Waals surface area contributed by atoms with Gasteiger partial charge < -0.3 is 73.6 Å². The highest BCUT2D eigenvalue weighted by Gasteiger charge is 2.53. The van der Waals surface area contributed by atoms with Crippen molar-refractivity contribution in [1.29, 1.82) is 0 Å². The molecule has 14 unspecified atom stereocenters. The SMILES string of the molecule is CCc1cc(O)c(Br)c(O)c1C(=O)OC1C(C)OC(OCC2=CC=CCC(O)C(C)=CC(CC)C(OC3OC(C)(C)C(OC(=O)C(C)C)C(O)C3O)C(C)=CC(C)=CCC(C(C)O)OC2=O)C(OC)C1O. The Balaban J connectivity index is 1.60. The fourth-order valence-electron chi connectivity index (χ4n) is 8.53. The summed E-state index contributed by atoms with van der Waals surface area (Å²) in [5, 5.41) is 77.2. The van der Waals surface area contributed by atoms with Gasteiger partial charge in [0.25, 0.3) is 0 Å². The molecule has 1 aromatic rings. The molecule has 7 N–H and O–H groups in total. The van der Waals surface area contributed by atoms with Crippen LogP contribution in [0.15, 0.2) is 69.3 Å². The van der Waals surface area contributed by atoms with Crippen LogP contribution in [0.25, 0.3) is 0 Å². The molecule has 2 saturated heterocycles. The molecule has 4 rings (SSSR count). The quantitative estimate of drug-likeness (QED) is 0.0711. The number of methoxy groups -OCH3 is 1. The van der Waals surface area contributed by atoms with Gasteiger partial charge in [0, 0.05) is 19.4 Å². The van der Waals surface area contributed by atoms with E-state index in [1.165, 1.54) is 33.1 Å². The number of aliphatic hydroxyl groups is 5. The molecule has 1 aromatic carbocycles. The zero-order valence-corrected chi connectivity index (χ0v) is 44.3. The third-order valence-electron chi connectivity index (χ3n) is 12.9. The summed E-state index contributed by atoms with van der Waals surface area (Å²) in [6, 6.07) is 1.32. The molecule has 3 heterocycles. The van der Waals surface area contributed by atoms with Crippen molar-refractivity contribution in [2.75, 3.05) is 13.7 Å². The Kier molecular flexibility index (Phi) is 22.1. The second-order valence-corrected chi connectivity index (χ2v) is 20.1. The number of ether oxygens (including phenoxy) is 8. The topological polar surface area (TPSA) is 267 Å². The van der Waals surface area contributed by atoms with Crippen molar-refractivity contribution in [3.05, 3.63) is 80.4 Å². The third-order valence-corrected chi connectivity index (χ3v) is 13.7. The van der Waals surface area contributed by atoms with E-state index in [0.29, 0.717) is 28.7 Å². The van der Waals surface area contributed by atoms with Gasteiger partial charge in [0.1, 0.15) is 57.7 Å². The number of aryl methyl sites for hydroxylation is 1. The number of esters is 3. The van der Waals surface area contributed by atoms with E-state index in [2.05, 4.69) is 15.9 Å². The maximum Gasteiger partial charge on any atom is 0.342 e. The molecular weight excluding hydrogens is 992 g/mol. The number of carbonyl (C=O) groups is 3. The van der Waals surface area contributed by atoms with Crippen molar-refractivity contribution < 1.29 is 88.0 Å². The van der Waals surface area contributed by atoms with Gasteiger partial charge in [0.15, 0.2) is 24.8 Å². The number of phenols is 2. The van der Waals surface area contributed by atoms with Gasteiger partial charge in [-0.15, -0.1) is 0 Å². The largest absolute Gasteiger partial charge is 0.507 e. The number of phenolic OH excluding ortho intramolecular Hbond substituents is 2. The first-order valence-corrected chi connectivity index (χ1v) is 24.9.